The van der Waals surface area contributed by atoms with Gasteiger partial charge in [-0.3, -0.25) is 0 Å². The van der Waals surface area contributed by atoms with Gasteiger partial charge >= 0.3 is 0 Å². The Balaban J connectivity index is 2.05. The standard InChI is InChI=1S/C17H24N2S/c1-4-9-18-16(11-17-12-20-14(3)19-17)10-15-8-6-5-7-13(15)2/h5-8,12,16,18H,4,9-11H2,1-3H3. The van der Waals surface area contributed by atoms with Crippen LogP contribution in [-0.4, -0.2) is 17.6 Å². The molecule has 1 aromatic carbocycles. The molecule has 1 N–H and O–H groups in total. The Labute approximate surface area is 126 Å². The lowest BCUT2D eigenvalue weighted by molar-refractivity contribution is 0.500. The fourth-order valence-corrected chi connectivity index (χ4v) is 3.05. The monoisotopic (exact) mass is 288 g/mol. The van der Waals surface area contributed by atoms with Gasteiger partial charge in [-0.25, -0.2) is 4.98 Å². The molecular weight excluding hydrogens is 264 g/mol. The molecular formula is C17H24N2S. The molecule has 1 aromatic heterocycles. The van der Waals surface area contributed by atoms with Gasteiger partial charge in [0, 0.05) is 17.8 Å². The van der Waals surface area contributed by atoms with E-state index in [4.69, 9.17) is 0 Å². The zero-order valence-corrected chi connectivity index (χ0v) is 13.5. The molecule has 0 amide bonds. The van der Waals surface area contributed by atoms with Crippen molar-refractivity contribution in [3.8, 4) is 0 Å². The SMILES string of the molecule is CCCNC(Cc1csc(C)n1)Cc1ccccc1C. The summed E-state index contributed by atoms with van der Waals surface area (Å²) in [5, 5.41) is 7.01. The third kappa shape index (κ3) is 4.43. The van der Waals surface area contributed by atoms with Gasteiger partial charge in [0.05, 0.1) is 10.7 Å². The highest BCUT2D eigenvalue weighted by atomic mass is 32.1. The van der Waals surface area contributed by atoms with Gasteiger partial charge in [-0.15, -0.1) is 11.3 Å². The topological polar surface area (TPSA) is 24.9 Å². The second kappa shape index (κ2) is 7.55. The Kier molecular flexibility index (Phi) is 5.74. The first kappa shape index (κ1) is 15.2. The smallest absolute Gasteiger partial charge is 0.0897 e. The van der Waals surface area contributed by atoms with Crippen LogP contribution in [0.4, 0.5) is 0 Å². The maximum atomic E-state index is 4.60. The molecule has 0 spiro atoms. The van der Waals surface area contributed by atoms with Crippen LogP contribution >= 0.6 is 11.3 Å². The molecule has 3 heteroatoms. The first-order valence-electron chi connectivity index (χ1n) is 7.38. The second-order valence-corrected chi connectivity index (χ2v) is 6.41. The van der Waals surface area contributed by atoms with Gasteiger partial charge < -0.3 is 5.32 Å². The predicted octanol–water partition coefficient (Wildman–Crippen LogP) is 3.91. The number of hydrogen-bond acceptors (Lipinski definition) is 3. The highest BCUT2D eigenvalue weighted by Crippen LogP contribution is 2.15. The molecule has 20 heavy (non-hydrogen) atoms. The maximum Gasteiger partial charge on any atom is 0.0897 e. The molecule has 0 aliphatic heterocycles. The molecule has 1 heterocycles. The van der Waals surface area contributed by atoms with Crippen molar-refractivity contribution in [1.29, 1.82) is 0 Å². The lowest BCUT2D eigenvalue weighted by Gasteiger charge is -2.19. The molecule has 0 saturated carbocycles. The van der Waals surface area contributed by atoms with Gasteiger partial charge in [-0.05, 0) is 44.4 Å². The normalized spacial score (nSPS) is 12.6. The zero-order chi connectivity index (χ0) is 14.4. The van der Waals surface area contributed by atoms with Crippen LogP contribution in [0.1, 0.15) is 35.2 Å². The number of aromatic nitrogens is 1. The van der Waals surface area contributed by atoms with Crippen molar-refractivity contribution in [2.75, 3.05) is 6.54 Å². The third-order valence-corrected chi connectivity index (χ3v) is 4.36. The minimum Gasteiger partial charge on any atom is -0.313 e. The number of nitrogens with one attached hydrogen (secondary N) is 1. The molecule has 0 bridgehead atoms. The highest BCUT2D eigenvalue weighted by Gasteiger charge is 2.12. The number of thiazole rings is 1. The van der Waals surface area contributed by atoms with Crippen LogP contribution in [0.15, 0.2) is 29.6 Å². The molecule has 0 fully saturated rings. The van der Waals surface area contributed by atoms with Crippen LogP contribution in [0.25, 0.3) is 0 Å². The molecule has 108 valence electrons. The minimum absolute atomic E-state index is 0.470. The van der Waals surface area contributed by atoms with E-state index in [1.807, 2.05) is 0 Å². The lowest BCUT2D eigenvalue weighted by Crippen LogP contribution is -2.34. The molecule has 2 nitrogen and oxygen atoms in total. The molecule has 1 unspecified atom stereocenters. The van der Waals surface area contributed by atoms with E-state index in [0.29, 0.717) is 6.04 Å². The summed E-state index contributed by atoms with van der Waals surface area (Å²) < 4.78 is 0. The summed E-state index contributed by atoms with van der Waals surface area (Å²) in [4.78, 5) is 4.60. The summed E-state index contributed by atoms with van der Waals surface area (Å²) in [5.74, 6) is 0. The van der Waals surface area contributed by atoms with Crippen molar-refractivity contribution in [1.82, 2.24) is 10.3 Å². The average Bonchev–Trinajstić information content (AvgIpc) is 2.84. The van der Waals surface area contributed by atoms with Crippen LogP contribution in [0, 0.1) is 13.8 Å². The molecule has 0 saturated heterocycles. The first-order valence-corrected chi connectivity index (χ1v) is 8.26. The van der Waals surface area contributed by atoms with Crippen molar-refractivity contribution in [2.24, 2.45) is 0 Å². The second-order valence-electron chi connectivity index (χ2n) is 5.34. The van der Waals surface area contributed by atoms with E-state index in [1.54, 1.807) is 11.3 Å². The van der Waals surface area contributed by atoms with Crippen molar-refractivity contribution in [3.05, 3.63) is 51.5 Å². The molecule has 0 aliphatic rings. The summed E-state index contributed by atoms with van der Waals surface area (Å²) in [6.45, 7) is 7.55. The van der Waals surface area contributed by atoms with Crippen molar-refractivity contribution < 1.29 is 0 Å². The van der Waals surface area contributed by atoms with Crippen molar-refractivity contribution >= 4 is 11.3 Å². The third-order valence-electron chi connectivity index (χ3n) is 3.53. The fraction of sp³-hybridized carbons (Fsp3) is 0.471. The van der Waals surface area contributed by atoms with Crippen LogP contribution in [0.2, 0.25) is 0 Å². The molecule has 0 radical (unpaired) electrons. The highest BCUT2D eigenvalue weighted by molar-refractivity contribution is 7.09. The van der Waals surface area contributed by atoms with Gasteiger partial charge in [-0.2, -0.15) is 0 Å². The largest absolute Gasteiger partial charge is 0.313 e. The van der Waals surface area contributed by atoms with E-state index in [9.17, 15) is 0 Å². The Morgan fingerprint density at radius 2 is 2.00 bits per heavy atom. The molecule has 2 aromatic rings. The summed E-state index contributed by atoms with van der Waals surface area (Å²) in [6, 6.07) is 9.14. The summed E-state index contributed by atoms with van der Waals surface area (Å²) in [5.41, 5.74) is 4.04. The van der Waals surface area contributed by atoms with Gasteiger partial charge in [0.1, 0.15) is 0 Å². The Hall–Kier alpha value is -1.19. The molecule has 0 aliphatic carbocycles. The van der Waals surface area contributed by atoms with E-state index in [0.717, 1.165) is 24.4 Å². The van der Waals surface area contributed by atoms with E-state index < -0.39 is 0 Å². The summed E-state index contributed by atoms with van der Waals surface area (Å²) in [7, 11) is 0. The number of nitrogens with zero attached hydrogens (tertiary/aromatic N) is 1. The van der Waals surface area contributed by atoms with Crippen LogP contribution in [0.3, 0.4) is 0 Å². The maximum absolute atomic E-state index is 4.60. The quantitative estimate of drug-likeness (QED) is 0.835. The van der Waals surface area contributed by atoms with Gasteiger partial charge in [0.2, 0.25) is 0 Å². The van der Waals surface area contributed by atoms with E-state index >= 15 is 0 Å². The lowest BCUT2D eigenvalue weighted by atomic mass is 9.98. The average molecular weight is 288 g/mol. The zero-order valence-electron chi connectivity index (χ0n) is 12.6. The summed E-state index contributed by atoms with van der Waals surface area (Å²) >= 11 is 1.74. The molecule has 2 rings (SSSR count). The number of benzene rings is 1. The Bertz CT molecular complexity index is 533. The summed E-state index contributed by atoms with van der Waals surface area (Å²) in [6.07, 6.45) is 3.25. The van der Waals surface area contributed by atoms with Gasteiger partial charge in [0.15, 0.2) is 0 Å². The van der Waals surface area contributed by atoms with Gasteiger partial charge in [-0.1, -0.05) is 31.2 Å². The van der Waals surface area contributed by atoms with E-state index in [2.05, 4.69) is 60.7 Å². The van der Waals surface area contributed by atoms with Crippen molar-refractivity contribution in [3.63, 3.8) is 0 Å². The number of rotatable bonds is 7. The van der Waals surface area contributed by atoms with Crippen LogP contribution in [0.5, 0.6) is 0 Å². The van der Waals surface area contributed by atoms with Crippen molar-refractivity contribution in [2.45, 2.75) is 46.1 Å². The van der Waals surface area contributed by atoms with Gasteiger partial charge in [0.25, 0.3) is 0 Å². The van der Waals surface area contributed by atoms with E-state index in [-0.39, 0.29) is 0 Å². The molecule has 1 atom stereocenters. The first-order chi connectivity index (χ1) is 9.69. The fourth-order valence-electron chi connectivity index (χ4n) is 2.42. The number of aryl methyl sites for hydroxylation is 2. The minimum atomic E-state index is 0.470. The predicted molar refractivity (Wildman–Crippen MR) is 87.5 cm³/mol. The Morgan fingerprint density at radius 3 is 2.65 bits per heavy atom. The van der Waals surface area contributed by atoms with E-state index in [1.165, 1.54) is 23.2 Å². The van der Waals surface area contributed by atoms with Crippen LogP contribution < -0.4 is 5.32 Å². The van der Waals surface area contributed by atoms with Crippen LogP contribution in [-0.2, 0) is 12.8 Å². The number of hydrogen-bond donors (Lipinski definition) is 1. The Morgan fingerprint density at radius 1 is 1.20 bits per heavy atom.